The molecule has 1 aromatic carbocycles. The topological polar surface area (TPSA) is 74.5 Å². The number of carbonyl (C=O) groups excluding carboxylic acids is 1. The number of carbonyl (C=O) groups is 1. The molecule has 0 aliphatic carbocycles. The average molecular weight is 415 g/mol. The molecule has 1 fully saturated rings. The minimum absolute atomic E-state index is 0.0980. The molecular formula is C21H30N6OS. The molecule has 3 rings (SSSR count). The minimum atomic E-state index is -0.0980. The largest absolute Gasteiger partial charge is 0.357 e. The number of hydrogen-bond donors (Lipinski definition) is 2. The van der Waals surface area contributed by atoms with Gasteiger partial charge in [0.05, 0.1) is 6.54 Å². The van der Waals surface area contributed by atoms with Gasteiger partial charge in [0.25, 0.3) is 0 Å². The van der Waals surface area contributed by atoms with Crippen molar-refractivity contribution in [2.24, 2.45) is 4.99 Å². The standard InChI is InChI=1S/C21H30N6OS/c1-3-19-15-26(11-12-29-19)21(22-4-2)23-14-17-7-5-8-18(13-17)25-20(28)16-27-10-6-9-24-27/h5-10,13,19H,3-4,11-12,14-16H2,1-2H3,(H,22,23)(H,25,28). The van der Waals surface area contributed by atoms with Crippen LogP contribution in [0.2, 0.25) is 0 Å². The normalized spacial score (nSPS) is 17.2. The van der Waals surface area contributed by atoms with E-state index in [0.29, 0.717) is 11.8 Å². The molecule has 1 unspecified atom stereocenters. The van der Waals surface area contributed by atoms with Crippen LogP contribution < -0.4 is 10.6 Å². The van der Waals surface area contributed by atoms with Crippen molar-refractivity contribution >= 4 is 29.3 Å². The van der Waals surface area contributed by atoms with E-state index in [9.17, 15) is 4.79 Å². The van der Waals surface area contributed by atoms with Gasteiger partial charge < -0.3 is 15.5 Å². The fourth-order valence-electron chi connectivity index (χ4n) is 3.24. The first-order valence-electron chi connectivity index (χ1n) is 10.2. The van der Waals surface area contributed by atoms with Crippen LogP contribution in [0.4, 0.5) is 5.69 Å². The van der Waals surface area contributed by atoms with Gasteiger partial charge in [0.1, 0.15) is 6.54 Å². The number of nitrogens with zero attached hydrogens (tertiary/aromatic N) is 4. The molecule has 1 saturated heterocycles. The third-order valence-corrected chi connectivity index (χ3v) is 6.09. The molecule has 1 aromatic heterocycles. The predicted octanol–water partition coefficient (Wildman–Crippen LogP) is 2.81. The van der Waals surface area contributed by atoms with Crippen LogP contribution >= 0.6 is 11.8 Å². The average Bonchev–Trinajstić information content (AvgIpc) is 3.24. The summed E-state index contributed by atoms with van der Waals surface area (Å²) in [5, 5.41) is 11.1. The Hall–Kier alpha value is -2.48. The maximum absolute atomic E-state index is 12.2. The summed E-state index contributed by atoms with van der Waals surface area (Å²) in [6.45, 7) is 8.03. The zero-order valence-corrected chi connectivity index (χ0v) is 18.0. The van der Waals surface area contributed by atoms with E-state index in [1.54, 1.807) is 23.1 Å². The van der Waals surface area contributed by atoms with Crippen molar-refractivity contribution in [3.05, 3.63) is 48.3 Å². The quantitative estimate of drug-likeness (QED) is 0.538. The molecule has 0 radical (unpaired) electrons. The van der Waals surface area contributed by atoms with Crippen molar-refractivity contribution in [2.45, 2.75) is 38.6 Å². The van der Waals surface area contributed by atoms with Crippen molar-refractivity contribution in [1.82, 2.24) is 20.0 Å². The molecule has 1 aliphatic heterocycles. The third kappa shape index (κ3) is 6.52. The molecule has 1 aliphatic rings. The summed E-state index contributed by atoms with van der Waals surface area (Å²) in [5.41, 5.74) is 1.84. The summed E-state index contributed by atoms with van der Waals surface area (Å²) < 4.78 is 1.60. The number of thioether (sulfide) groups is 1. The van der Waals surface area contributed by atoms with Gasteiger partial charge in [-0.05, 0) is 37.1 Å². The van der Waals surface area contributed by atoms with Crippen LogP contribution in [-0.2, 0) is 17.9 Å². The maximum atomic E-state index is 12.2. The Bertz CT molecular complexity index is 807. The lowest BCUT2D eigenvalue weighted by atomic mass is 10.2. The number of aliphatic imine (C=N–C) groups is 1. The van der Waals surface area contributed by atoms with Gasteiger partial charge in [-0.25, -0.2) is 4.99 Å². The molecule has 2 aromatic rings. The number of benzene rings is 1. The van der Waals surface area contributed by atoms with Gasteiger partial charge in [0.2, 0.25) is 5.91 Å². The minimum Gasteiger partial charge on any atom is -0.357 e. The highest BCUT2D eigenvalue weighted by atomic mass is 32.2. The Morgan fingerprint density at radius 1 is 1.34 bits per heavy atom. The van der Waals surface area contributed by atoms with E-state index in [0.717, 1.165) is 42.6 Å². The van der Waals surface area contributed by atoms with E-state index >= 15 is 0 Å². The van der Waals surface area contributed by atoms with Gasteiger partial charge in [-0.1, -0.05) is 19.1 Å². The summed E-state index contributed by atoms with van der Waals surface area (Å²) >= 11 is 2.05. The molecule has 1 atom stereocenters. The maximum Gasteiger partial charge on any atom is 0.246 e. The molecular weight excluding hydrogens is 384 g/mol. The smallest absolute Gasteiger partial charge is 0.246 e. The molecule has 0 saturated carbocycles. The number of hydrogen-bond acceptors (Lipinski definition) is 4. The van der Waals surface area contributed by atoms with Gasteiger partial charge in [0.15, 0.2) is 5.96 Å². The zero-order chi connectivity index (χ0) is 20.5. The molecule has 2 N–H and O–H groups in total. The second kappa shape index (κ2) is 10.9. The molecule has 156 valence electrons. The second-order valence-electron chi connectivity index (χ2n) is 6.97. The highest BCUT2D eigenvalue weighted by molar-refractivity contribution is 8.00. The van der Waals surface area contributed by atoms with Crippen LogP contribution in [0.1, 0.15) is 25.8 Å². The van der Waals surface area contributed by atoms with Crippen molar-refractivity contribution in [3.8, 4) is 0 Å². The first-order valence-corrected chi connectivity index (χ1v) is 11.2. The molecule has 7 nitrogen and oxygen atoms in total. The van der Waals surface area contributed by atoms with Crippen molar-refractivity contribution in [3.63, 3.8) is 0 Å². The molecule has 1 amide bonds. The molecule has 8 heteroatoms. The van der Waals surface area contributed by atoms with Crippen molar-refractivity contribution in [1.29, 1.82) is 0 Å². The molecule has 0 spiro atoms. The number of anilines is 1. The van der Waals surface area contributed by atoms with Gasteiger partial charge in [-0.15, -0.1) is 0 Å². The number of aromatic nitrogens is 2. The van der Waals surface area contributed by atoms with E-state index in [2.05, 4.69) is 46.2 Å². The van der Waals surface area contributed by atoms with E-state index in [4.69, 9.17) is 4.99 Å². The van der Waals surface area contributed by atoms with E-state index in [1.807, 2.05) is 24.3 Å². The van der Waals surface area contributed by atoms with Crippen LogP contribution in [-0.4, -0.2) is 57.2 Å². The van der Waals surface area contributed by atoms with Crippen LogP contribution in [0.5, 0.6) is 0 Å². The Morgan fingerprint density at radius 2 is 2.24 bits per heavy atom. The van der Waals surface area contributed by atoms with Gasteiger partial charge in [-0.3, -0.25) is 9.48 Å². The molecule has 29 heavy (non-hydrogen) atoms. The SMILES string of the molecule is CCNC(=NCc1cccc(NC(=O)Cn2cccn2)c1)N1CCSC(CC)C1. The monoisotopic (exact) mass is 414 g/mol. The lowest BCUT2D eigenvalue weighted by Crippen LogP contribution is -2.48. The Morgan fingerprint density at radius 3 is 3.00 bits per heavy atom. The number of guanidine groups is 1. The second-order valence-corrected chi connectivity index (χ2v) is 8.38. The lowest BCUT2D eigenvalue weighted by molar-refractivity contribution is -0.116. The highest BCUT2D eigenvalue weighted by Crippen LogP contribution is 2.21. The Kier molecular flexibility index (Phi) is 7.98. The summed E-state index contributed by atoms with van der Waals surface area (Å²) in [5.74, 6) is 2.01. The fraction of sp³-hybridized carbons (Fsp3) is 0.476. The van der Waals surface area contributed by atoms with Gasteiger partial charge >= 0.3 is 0 Å². The molecule has 2 heterocycles. The third-order valence-electron chi connectivity index (χ3n) is 4.72. The summed E-state index contributed by atoms with van der Waals surface area (Å²) in [4.78, 5) is 19.4. The first kappa shape index (κ1) is 21.2. The first-order chi connectivity index (χ1) is 14.2. The number of amides is 1. The predicted molar refractivity (Wildman–Crippen MR) is 120 cm³/mol. The zero-order valence-electron chi connectivity index (χ0n) is 17.2. The van der Waals surface area contributed by atoms with E-state index in [-0.39, 0.29) is 12.5 Å². The van der Waals surface area contributed by atoms with Crippen molar-refractivity contribution < 1.29 is 4.79 Å². The van der Waals surface area contributed by atoms with Crippen LogP contribution in [0, 0.1) is 0 Å². The fourth-order valence-corrected chi connectivity index (χ4v) is 4.42. The highest BCUT2D eigenvalue weighted by Gasteiger charge is 2.21. The molecule has 0 bridgehead atoms. The lowest BCUT2D eigenvalue weighted by Gasteiger charge is -2.34. The van der Waals surface area contributed by atoms with Crippen molar-refractivity contribution in [2.75, 3.05) is 30.7 Å². The van der Waals surface area contributed by atoms with E-state index in [1.165, 1.54) is 6.42 Å². The summed E-state index contributed by atoms with van der Waals surface area (Å²) in [6, 6.07) is 9.67. The summed E-state index contributed by atoms with van der Waals surface area (Å²) in [7, 11) is 0. The van der Waals surface area contributed by atoms with Gasteiger partial charge in [-0.2, -0.15) is 16.9 Å². The van der Waals surface area contributed by atoms with Crippen LogP contribution in [0.15, 0.2) is 47.7 Å². The number of rotatable bonds is 7. The van der Waals surface area contributed by atoms with Crippen LogP contribution in [0.25, 0.3) is 0 Å². The van der Waals surface area contributed by atoms with E-state index < -0.39 is 0 Å². The van der Waals surface area contributed by atoms with Gasteiger partial charge in [0, 0.05) is 48.7 Å². The Balaban J connectivity index is 1.62. The van der Waals surface area contributed by atoms with Crippen LogP contribution in [0.3, 0.4) is 0 Å². The number of nitrogens with one attached hydrogen (secondary N) is 2. The Labute approximate surface area is 177 Å². The summed E-state index contributed by atoms with van der Waals surface area (Å²) in [6.07, 6.45) is 4.62.